The monoisotopic (exact) mass is 407 g/mol. The number of halogens is 2. The number of fused-ring (bicyclic) bond motifs is 1. The topological polar surface area (TPSA) is 31.4 Å². The van der Waals surface area contributed by atoms with E-state index in [0.717, 1.165) is 24.7 Å². The summed E-state index contributed by atoms with van der Waals surface area (Å²) in [6, 6.07) is 5.87. The van der Waals surface area contributed by atoms with Gasteiger partial charge in [-0.3, -0.25) is 0 Å². The van der Waals surface area contributed by atoms with Crippen LogP contribution in [0.3, 0.4) is 0 Å². The quantitative estimate of drug-likeness (QED) is 0.720. The molecular formula is C12H11BrINO2. The first-order valence-electron chi connectivity index (χ1n) is 5.13. The van der Waals surface area contributed by atoms with Gasteiger partial charge in [-0.15, -0.1) is 0 Å². The second-order valence-corrected chi connectivity index (χ2v) is 5.31. The predicted molar refractivity (Wildman–Crippen MR) is 79.9 cm³/mol. The molecule has 0 amide bonds. The summed E-state index contributed by atoms with van der Waals surface area (Å²) >= 11 is 5.80. The van der Waals surface area contributed by atoms with Crippen molar-refractivity contribution in [2.24, 2.45) is 0 Å². The van der Waals surface area contributed by atoms with Crippen LogP contribution in [0.4, 0.5) is 0 Å². The lowest BCUT2D eigenvalue weighted by Crippen LogP contribution is -1.97. The number of aromatic nitrogens is 1. The molecule has 90 valence electrons. The Morgan fingerprint density at radius 3 is 2.82 bits per heavy atom. The van der Waals surface area contributed by atoms with E-state index in [1.807, 2.05) is 25.1 Å². The van der Waals surface area contributed by atoms with Gasteiger partial charge in [-0.25, -0.2) is 4.98 Å². The number of rotatable bonds is 3. The number of benzene rings is 1. The summed E-state index contributed by atoms with van der Waals surface area (Å²) in [6.07, 6.45) is 0. The van der Waals surface area contributed by atoms with Crippen LogP contribution in [0, 0.1) is 3.57 Å². The lowest BCUT2D eigenvalue weighted by molar-refractivity contribution is 0.328. The lowest BCUT2D eigenvalue weighted by Gasteiger charge is -2.09. The summed E-state index contributed by atoms with van der Waals surface area (Å²) in [5.74, 6) is 1.41. The number of hydrogen-bond donors (Lipinski definition) is 0. The van der Waals surface area contributed by atoms with Crippen molar-refractivity contribution in [3.05, 3.63) is 26.2 Å². The van der Waals surface area contributed by atoms with Crippen molar-refractivity contribution in [2.45, 2.75) is 6.92 Å². The van der Waals surface area contributed by atoms with Gasteiger partial charge in [0.25, 0.3) is 0 Å². The molecule has 0 spiro atoms. The molecule has 3 nitrogen and oxygen atoms in total. The molecule has 1 aromatic carbocycles. The Hall–Kier alpha value is -0.560. The van der Waals surface area contributed by atoms with Crippen LogP contribution in [0.25, 0.3) is 10.9 Å². The Kier molecular flexibility index (Phi) is 4.09. The van der Waals surface area contributed by atoms with Crippen molar-refractivity contribution >= 4 is 49.4 Å². The van der Waals surface area contributed by atoms with Crippen LogP contribution < -0.4 is 9.47 Å². The van der Waals surface area contributed by atoms with Gasteiger partial charge in [-0.2, -0.15) is 0 Å². The standard InChI is InChI=1S/C12H11BrINO2/c1-3-17-10-6-8(14)7-4-5-9(16-2)11(13)12(7)15-10/h4-6H,3H2,1-2H3. The molecule has 0 aliphatic heterocycles. The molecule has 0 saturated heterocycles. The van der Waals surface area contributed by atoms with E-state index in [2.05, 4.69) is 43.5 Å². The number of ether oxygens (including phenoxy) is 2. The number of pyridine rings is 1. The first-order chi connectivity index (χ1) is 8.17. The summed E-state index contributed by atoms with van der Waals surface area (Å²) in [5, 5.41) is 1.08. The van der Waals surface area contributed by atoms with E-state index in [9.17, 15) is 0 Å². The lowest BCUT2D eigenvalue weighted by atomic mass is 10.2. The third-order valence-electron chi connectivity index (χ3n) is 2.32. The first-order valence-corrected chi connectivity index (χ1v) is 7.00. The van der Waals surface area contributed by atoms with Gasteiger partial charge in [0.1, 0.15) is 5.75 Å². The fourth-order valence-corrected chi connectivity index (χ4v) is 2.85. The summed E-state index contributed by atoms with van der Waals surface area (Å²) in [4.78, 5) is 4.48. The van der Waals surface area contributed by atoms with Crippen molar-refractivity contribution in [3.63, 3.8) is 0 Å². The summed E-state index contributed by atoms with van der Waals surface area (Å²) in [7, 11) is 1.64. The van der Waals surface area contributed by atoms with E-state index in [1.165, 1.54) is 0 Å². The molecular weight excluding hydrogens is 397 g/mol. The second-order valence-electron chi connectivity index (χ2n) is 3.35. The van der Waals surface area contributed by atoms with Gasteiger partial charge in [-0.05, 0) is 57.6 Å². The number of hydrogen-bond acceptors (Lipinski definition) is 3. The third-order valence-corrected chi connectivity index (χ3v) is 3.98. The Morgan fingerprint density at radius 1 is 1.41 bits per heavy atom. The second kappa shape index (κ2) is 5.39. The first kappa shape index (κ1) is 12.9. The highest BCUT2D eigenvalue weighted by molar-refractivity contribution is 14.1. The number of methoxy groups -OCH3 is 1. The molecule has 0 N–H and O–H groups in total. The van der Waals surface area contributed by atoms with Gasteiger partial charge in [0.2, 0.25) is 5.88 Å². The molecule has 0 aliphatic rings. The molecule has 0 fully saturated rings. The van der Waals surface area contributed by atoms with Crippen LogP contribution in [-0.2, 0) is 0 Å². The molecule has 17 heavy (non-hydrogen) atoms. The van der Waals surface area contributed by atoms with Crippen LogP contribution >= 0.6 is 38.5 Å². The van der Waals surface area contributed by atoms with Crippen molar-refractivity contribution < 1.29 is 9.47 Å². The van der Waals surface area contributed by atoms with Crippen molar-refractivity contribution in [3.8, 4) is 11.6 Å². The third kappa shape index (κ3) is 2.49. The van der Waals surface area contributed by atoms with Crippen molar-refractivity contribution in [2.75, 3.05) is 13.7 Å². The molecule has 5 heteroatoms. The van der Waals surface area contributed by atoms with Gasteiger partial charge >= 0.3 is 0 Å². The van der Waals surface area contributed by atoms with E-state index < -0.39 is 0 Å². The smallest absolute Gasteiger partial charge is 0.214 e. The molecule has 1 aromatic heterocycles. The Labute approximate surface area is 122 Å². The minimum atomic E-state index is 0.607. The fourth-order valence-electron chi connectivity index (χ4n) is 1.56. The molecule has 0 unspecified atom stereocenters. The number of nitrogens with zero attached hydrogens (tertiary/aromatic N) is 1. The summed E-state index contributed by atoms with van der Waals surface area (Å²) in [5.41, 5.74) is 0.861. The van der Waals surface area contributed by atoms with Gasteiger partial charge in [-0.1, -0.05) is 0 Å². The van der Waals surface area contributed by atoms with E-state index in [4.69, 9.17) is 9.47 Å². The molecule has 1 heterocycles. The van der Waals surface area contributed by atoms with Crippen molar-refractivity contribution in [1.29, 1.82) is 0 Å². The van der Waals surface area contributed by atoms with Gasteiger partial charge < -0.3 is 9.47 Å². The van der Waals surface area contributed by atoms with Gasteiger partial charge in [0.15, 0.2) is 0 Å². The Balaban J connectivity index is 2.70. The highest BCUT2D eigenvalue weighted by Crippen LogP contribution is 2.35. The zero-order valence-corrected chi connectivity index (χ0v) is 13.2. The van der Waals surface area contributed by atoms with Gasteiger partial charge in [0.05, 0.1) is 23.7 Å². The maximum atomic E-state index is 5.45. The minimum absolute atomic E-state index is 0.607. The average molecular weight is 408 g/mol. The molecule has 0 saturated carbocycles. The predicted octanol–water partition coefficient (Wildman–Crippen LogP) is 4.01. The average Bonchev–Trinajstić information content (AvgIpc) is 2.31. The normalized spacial score (nSPS) is 10.6. The molecule has 2 rings (SSSR count). The van der Waals surface area contributed by atoms with Crippen LogP contribution in [0.15, 0.2) is 22.7 Å². The van der Waals surface area contributed by atoms with Crippen molar-refractivity contribution in [1.82, 2.24) is 4.98 Å². The summed E-state index contributed by atoms with van der Waals surface area (Å²) < 4.78 is 12.7. The maximum Gasteiger partial charge on any atom is 0.214 e. The molecule has 0 bridgehead atoms. The largest absolute Gasteiger partial charge is 0.495 e. The zero-order valence-electron chi connectivity index (χ0n) is 9.46. The fraction of sp³-hybridized carbons (Fsp3) is 0.250. The molecule has 0 aliphatic carbocycles. The van der Waals surface area contributed by atoms with E-state index >= 15 is 0 Å². The van der Waals surface area contributed by atoms with E-state index in [0.29, 0.717) is 12.5 Å². The molecule has 0 atom stereocenters. The highest BCUT2D eigenvalue weighted by atomic mass is 127. The Morgan fingerprint density at radius 2 is 2.18 bits per heavy atom. The van der Waals surface area contributed by atoms with Crippen LogP contribution in [0.1, 0.15) is 6.92 Å². The molecule has 2 aromatic rings. The zero-order chi connectivity index (χ0) is 12.4. The van der Waals surface area contributed by atoms with E-state index in [1.54, 1.807) is 7.11 Å². The summed E-state index contributed by atoms with van der Waals surface area (Å²) in [6.45, 7) is 2.55. The van der Waals surface area contributed by atoms with E-state index in [-0.39, 0.29) is 0 Å². The maximum absolute atomic E-state index is 5.45. The SMILES string of the molecule is CCOc1cc(I)c2ccc(OC)c(Br)c2n1. The molecule has 0 radical (unpaired) electrons. The Bertz CT molecular complexity index is 560. The van der Waals surface area contributed by atoms with Crippen LogP contribution in [-0.4, -0.2) is 18.7 Å². The van der Waals surface area contributed by atoms with Crippen LogP contribution in [0.5, 0.6) is 11.6 Å². The van der Waals surface area contributed by atoms with Gasteiger partial charge in [0, 0.05) is 15.0 Å². The minimum Gasteiger partial charge on any atom is -0.495 e. The van der Waals surface area contributed by atoms with Crippen LogP contribution in [0.2, 0.25) is 0 Å². The highest BCUT2D eigenvalue weighted by Gasteiger charge is 2.11.